The van der Waals surface area contributed by atoms with Crippen LogP contribution in [0.1, 0.15) is 24.0 Å². The molecule has 1 aromatic rings. The number of anilines is 1. The average molecular weight is 286 g/mol. The van der Waals surface area contributed by atoms with E-state index in [9.17, 15) is 13.2 Å². The minimum atomic E-state index is -2.09. The number of benzene rings is 1. The molecular weight excluding hydrogens is 273 g/mol. The molecule has 2 atom stereocenters. The summed E-state index contributed by atoms with van der Waals surface area (Å²) in [7, 11) is 0. The number of nitrogen functional groups attached to an aromatic ring is 1. The van der Waals surface area contributed by atoms with E-state index < -0.39 is 17.9 Å². The highest BCUT2D eigenvalue weighted by atomic mass is 32.1. The van der Waals surface area contributed by atoms with Gasteiger partial charge in [0, 0.05) is 12.1 Å². The van der Waals surface area contributed by atoms with Crippen molar-refractivity contribution in [2.45, 2.75) is 30.5 Å². The van der Waals surface area contributed by atoms with Crippen molar-refractivity contribution < 1.29 is 13.2 Å². The molecular formula is C13H13F3N2S. The van der Waals surface area contributed by atoms with Gasteiger partial charge in [-0.2, -0.15) is 0 Å². The number of thiocarbonyl (C=S) groups is 1. The van der Waals surface area contributed by atoms with Crippen LogP contribution in [0.3, 0.4) is 0 Å². The minimum Gasteiger partial charge on any atom is -0.399 e. The molecule has 1 saturated heterocycles. The summed E-state index contributed by atoms with van der Waals surface area (Å²) in [5.41, 5.74) is 4.59. The molecule has 0 bridgehead atoms. The van der Waals surface area contributed by atoms with Crippen molar-refractivity contribution in [3.8, 4) is 0 Å². The Morgan fingerprint density at radius 2 is 2.11 bits per heavy atom. The van der Waals surface area contributed by atoms with Gasteiger partial charge in [-0.05, 0) is 36.1 Å². The van der Waals surface area contributed by atoms with Crippen LogP contribution in [-0.4, -0.2) is 17.3 Å². The van der Waals surface area contributed by atoms with Crippen molar-refractivity contribution >= 4 is 22.9 Å². The van der Waals surface area contributed by atoms with Crippen LogP contribution in [0, 0.1) is 5.82 Å². The van der Waals surface area contributed by atoms with Crippen molar-refractivity contribution in [3.05, 3.63) is 29.1 Å². The van der Waals surface area contributed by atoms with Crippen LogP contribution in [-0.2, 0) is 12.0 Å². The van der Waals surface area contributed by atoms with E-state index in [0.717, 1.165) is 0 Å². The Labute approximate surface area is 114 Å². The SMILES string of the molecule is Nc1cc(F)c2c(c1)[C@@]1(CC[C@](F)(CF)C(=S)N1)C2. The Hall–Kier alpha value is -1.30. The Balaban J connectivity index is 1.95. The Kier molecular flexibility index (Phi) is 2.58. The monoisotopic (exact) mass is 286 g/mol. The molecule has 6 heteroatoms. The third kappa shape index (κ3) is 1.65. The molecule has 2 aliphatic rings. The summed E-state index contributed by atoms with van der Waals surface area (Å²) in [5.74, 6) is -0.351. The summed E-state index contributed by atoms with van der Waals surface area (Å²) in [6.45, 7) is -1.13. The number of hydrogen-bond donors (Lipinski definition) is 2. The van der Waals surface area contributed by atoms with E-state index in [2.05, 4.69) is 5.32 Å². The van der Waals surface area contributed by atoms with Gasteiger partial charge in [-0.3, -0.25) is 0 Å². The molecule has 102 valence electrons. The molecule has 0 aromatic heterocycles. The summed E-state index contributed by atoms with van der Waals surface area (Å²) in [6, 6.07) is 2.95. The fourth-order valence-electron chi connectivity index (χ4n) is 2.93. The van der Waals surface area contributed by atoms with Gasteiger partial charge in [-0.15, -0.1) is 0 Å². The number of rotatable bonds is 1. The molecule has 1 aliphatic carbocycles. The van der Waals surface area contributed by atoms with Crippen LogP contribution in [0.4, 0.5) is 18.9 Å². The zero-order valence-corrected chi connectivity index (χ0v) is 10.9. The van der Waals surface area contributed by atoms with Gasteiger partial charge in [0.15, 0.2) is 5.67 Å². The predicted octanol–water partition coefficient (Wildman–Crippen LogP) is 2.55. The lowest BCUT2D eigenvalue weighted by Gasteiger charge is -2.51. The summed E-state index contributed by atoms with van der Waals surface area (Å²) in [5, 5.41) is 2.88. The number of nitrogens with two attached hydrogens (primary N) is 1. The summed E-state index contributed by atoms with van der Waals surface area (Å²) < 4.78 is 40.5. The summed E-state index contributed by atoms with van der Waals surface area (Å²) >= 11 is 4.93. The second kappa shape index (κ2) is 3.85. The Morgan fingerprint density at radius 1 is 1.37 bits per heavy atom. The fraction of sp³-hybridized carbons (Fsp3) is 0.462. The molecule has 3 N–H and O–H groups in total. The molecule has 0 saturated carbocycles. The lowest BCUT2D eigenvalue weighted by molar-refractivity contribution is 0.125. The first kappa shape index (κ1) is 12.7. The number of alkyl halides is 2. The maximum absolute atomic E-state index is 14.1. The zero-order chi connectivity index (χ0) is 13.8. The van der Waals surface area contributed by atoms with E-state index in [4.69, 9.17) is 18.0 Å². The van der Waals surface area contributed by atoms with Crippen molar-refractivity contribution in [3.63, 3.8) is 0 Å². The van der Waals surface area contributed by atoms with E-state index >= 15 is 0 Å². The molecule has 1 fully saturated rings. The second-order valence-corrected chi connectivity index (χ2v) is 5.75. The molecule has 3 rings (SSSR count). The van der Waals surface area contributed by atoms with Gasteiger partial charge >= 0.3 is 0 Å². The number of piperidine rings is 1. The molecule has 1 aliphatic heterocycles. The van der Waals surface area contributed by atoms with Gasteiger partial charge in [-0.25, -0.2) is 13.2 Å². The second-order valence-electron chi connectivity index (χ2n) is 5.34. The van der Waals surface area contributed by atoms with Crippen LogP contribution in [0.15, 0.2) is 12.1 Å². The third-order valence-electron chi connectivity index (χ3n) is 4.13. The van der Waals surface area contributed by atoms with Gasteiger partial charge in [0.1, 0.15) is 17.5 Å². The van der Waals surface area contributed by atoms with Crippen molar-refractivity contribution in [1.29, 1.82) is 0 Å². The molecule has 19 heavy (non-hydrogen) atoms. The average Bonchev–Trinajstić information content (AvgIpc) is 2.36. The fourth-order valence-corrected chi connectivity index (χ4v) is 3.29. The van der Waals surface area contributed by atoms with Gasteiger partial charge in [0.2, 0.25) is 0 Å². The Morgan fingerprint density at radius 3 is 2.74 bits per heavy atom. The van der Waals surface area contributed by atoms with E-state index in [0.29, 0.717) is 29.7 Å². The van der Waals surface area contributed by atoms with Crippen molar-refractivity contribution in [2.24, 2.45) is 0 Å². The van der Waals surface area contributed by atoms with E-state index in [1.54, 1.807) is 6.07 Å². The van der Waals surface area contributed by atoms with Crippen molar-refractivity contribution in [1.82, 2.24) is 5.32 Å². The Bertz CT molecular complexity index is 577. The summed E-state index contributed by atoms with van der Waals surface area (Å²) in [6.07, 6.45) is 0.811. The highest BCUT2D eigenvalue weighted by Gasteiger charge is 2.53. The number of halogens is 3. The highest BCUT2D eigenvalue weighted by molar-refractivity contribution is 7.80. The number of fused-ring (bicyclic) bond motifs is 2. The zero-order valence-electron chi connectivity index (χ0n) is 10.1. The lowest BCUT2D eigenvalue weighted by Crippen LogP contribution is -2.63. The largest absolute Gasteiger partial charge is 0.399 e. The van der Waals surface area contributed by atoms with Gasteiger partial charge < -0.3 is 11.1 Å². The first-order valence-electron chi connectivity index (χ1n) is 6.06. The molecule has 1 aromatic carbocycles. The maximum Gasteiger partial charge on any atom is 0.188 e. The number of nitrogens with one attached hydrogen (secondary N) is 1. The predicted molar refractivity (Wildman–Crippen MR) is 71.0 cm³/mol. The molecule has 1 spiro atoms. The maximum atomic E-state index is 14.1. The van der Waals surface area contributed by atoms with Crippen LogP contribution >= 0.6 is 12.2 Å². The smallest absolute Gasteiger partial charge is 0.188 e. The normalized spacial score (nSPS) is 32.7. The van der Waals surface area contributed by atoms with E-state index in [-0.39, 0.29) is 17.2 Å². The minimum absolute atomic E-state index is 0.00515. The third-order valence-corrected chi connectivity index (χ3v) is 4.60. The molecule has 0 amide bonds. The quantitative estimate of drug-likeness (QED) is 0.615. The first-order chi connectivity index (χ1) is 8.90. The van der Waals surface area contributed by atoms with Crippen LogP contribution in [0.5, 0.6) is 0 Å². The molecule has 1 heterocycles. The number of hydrogen-bond acceptors (Lipinski definition) is 2. The van der Waals surface area contributed by atoms with Crippen molar-refractivity contribution in [2.75, 3.05) is 12.4 Å². The van der Waals surface area contributed by atoms with Gasteiger partial charge in [0.05, 0.1) is 5.54 Å². The van der Waals surface area contributed by atoms with Crippen LogP contribution in [0.25, 0.3) is 0 Å². The van der Waals surface area contributed by atoms with Gasteiger partial charge in [0.25, 0.3) is 0 Å². The first-order valence-corrected chi connectivity index (χ1v) is 6.47. The lowest BCUT2D eigenvalue weighted by atomic mass is 9.65. The summed E-state index contributed by atoms with van der Waals surface area (Å²) in [4.78, 5) is -0.130. The van der Waals surface area contributed by atoms with Crippen LogP contribution in [0.2, 0.25) is 0 Å². The van der Waals surface area contributed by atoms with E-state index in [1.807, 2.05) is 0 Å². The standard InChI is InChI=1S/C13H13F3N2S/c14-6-12(16)1-2-13(18-11(12)19)5-8-9(13)3-7(17)4-10(8)15/h3-4H,1-2,5-6,17H2,(H,18,19)/t12-,13+/m0/s1. The topological polar surface area (TPSA) is 38.0 Å². The molecule has 2 nitrogen and oxygen atoms in total. The van der Waals surface area contributed by atoms with E-state index in [1.165, 1.54) is 6.07 Å². The molecule has 0 unspecified atom stereocenters. The molecule has 0 radical (unpaired) electrons. The van der Waals surface area contributed by atoms with Crippen LogP contribution < -0.4 is 11.1 Å². The highest BCUT2D eigenvalue weighted by Crippen LogP contribution is 2.48. The van der Waals surface area contributed by atoms with Gasteiger partial charge in [-0.1, -0.05) is 12.2 Å².